The second kappa shape index (κ2) is 17.3. The fraction of sp³-hybridized carbons (Fsp3) is 0.486. The highest BCUT2D eigenvalue weighted by Gasteiger charge is 2.34. The van der Waals surface area contributed by atoms with E-state index in [-0.39, 0.29) is 30.4 Å². The van der Waals surface area contributed by atoms with Gasteiger partial charge in [0.15, 0.2) is 0 Å². The number of carbonyl (C=O) groups is 2. The summed E-state index contributed by atoms with van der Waals surface area (Å²) in [6.07, 6.45) is 2.03. The Morgan fingerprint density at radius 2 is 1.67 bits per heavy atom. The summed E-state index contributed by atoms with van der Waals surface area (Å²) < 4.78 is 11.2. The molecule has 2 aromatic carbocycles. The normalized spacial score (nSPS) is 12.5. The Morgan fingerprint density at radius 3 is 2.29 bits per heavy atom. The van der Waals surface area contributed by atoms with E-state index < -0.39 is 6.09 Å². The number of benzene rings is 2. The van der Waals surface area contributed by atoms with Crippen molar-refractivity contribution >= 4 is 29.5 Å². The highest BCUT2D eigenvalue weighted by Crippen LogP contribution is 2.29. The molecular weight excluding hydrogens is 568 g/mol. The Labute approximate surface area is 268 Å². The molecule has 1 N–H and O–H groups in total. The molecule has 0 fully saturated rings. The van der Waals surface area contributed by atoms with Gasteiger partial charge in [-0.1, -0.05) is 60.1 Å². The van der Waals surface area contributed by atoms with Crippen molar-refractivity contribution in [2.24, 2.45) is 11.8 Å². The Hall–Kier alpha value is -4.18. The van der Waals surface area contributed by atoms with Crippen LogP contribution in [0, 0.1) is 11.8 Å². The fourth-order valence-electron chi connectivity index (χ4n) is 5.32. The van der Waals surface area contributed by atoms with Crippen LogP contribution >= 0.6 is 0 Å². The Kier molecular flexibility index (Phi) is 13.6. The number of hydrogen-bond acceptors (Lipinski definition) is 8. The van der Waals surface area contributed by atoms with Gasteiger partial charge in [0.05, 0.1) is 7.11 Å². The van der Waals surface area contributed by atoms with E-state index in [0.717, 1.165) is 37.3 Å². The zero-order chi connectivity index (χ0) is 32.9. The maximum atomic E-state index is 13.7. The lowest BCUT2D eigenvalue weighted by Crippen LogP contribution is -2.48. The van der Waals surface area contributed by atoms with Crippen LogP contribution in [0.4, 0.5) is 22.2 Å². The van der Waals surface area contributed by atoms with E-state index in [1.807, 2.05) is 43.4 Å². The van der Waals surface area contributed by atoms with Gasteiger partial charge >= 0.3 is 6.09 Å². The molecular formula is C35H50N6O4. The van der Waals surface area contributed by atoms with E-state index >= 15 is 0 Å². The van der Waals surface area contributed by atoms with E-state index in [1.54, 1.807) is 41.3 Å². The number of amides is 2. The smallest absolute Gasteiger partial charge is 0.416 e. The van der Waals surface area contributed by atoms with Crippen LogP contribution in [0.15, 0.2) is 60.8 Å². The van der Waals surface area contributed by atoms with Crippen molar-refractivity contribution in [2.75, 3.05) is 50.6 Å². The summed E-state index contributed by atoms with van der Waals surface area (Å²) in [5.74, 6) is 1.79. The zero-order valence-electron chi connectivity index (χ0n) is 28.1. The van der Waals surface area contributed by atoms with Crippen molar-refractivity contribution in [1.82, 2.24) is 19.8 Å². The number of likely N-dealkylation sites (N-methyl/N-ethyl adjacent to an activating group) is 2. The number of nitrogens with zero attached hydrogens (tertiary/aromatic N) is 5. The zero-order valence-corrected chi connectivity index (χ0v) is 28.1. The summed E-state index contributed by atoms with van der Waals surface area (Å²) >= 11 is 0. The van der Waals surface area contributed by atoms with Crippen molar-refractivity contribution in [2.45, 2.75) is 60.6 Å². The molecule has 1 aromatic heterocycles. The van der Waals surface area contributed by atoms with E-state index in [4.69, 9.17) is 14.5 Å². The van der Waals surface area contributed by atoms with Crippen LogP contribution in [0.25, 0.3) is 0 Å². The van der Waals surface area contributed by atoms with Crippen LogP contribution in [0.5, 0.6) is 5.75 Å². The first-order valence-electron chi connectivity index (χ1n) is 15.9. The molecule has 0 bridgehead atoms. The molecule has 10 nitrogen and oxygen atoms in total. The van der Waals surface area contributed by atoms with E-state index in [1.165, 1.54) is 0 Å². The van der Waals surface area contributed by atoms with Crippen molar-refractivity contribution in [1.29, 1.82) is 0 Å². The maximum Gasteiger partial charge on any atom is 0.416 e. The predicted octanol–water partition coefficient (Wildman–Crippen LogP) is 6.86. The first kappa shape index (κ1) is 35.3. The average molecular weight is 619 g/mol. The second-order valence-electron chi connectivity index (χ2n) is 11.6. The molecule has 0 saturated carbocycles. The molecule has 45 heavy (non-hydrogen) atoms. The molecule has 0 aliphatic carbocycles. The van der Waals surface area contributed by atoms with Crippen LogP contribution in [0.3, 0.4) is 0 Å². The minimum Gasteiger partial charge on any atom is -0.497 e. The first-order valence-corrected chi connectivity index (χ1v) is 15.9. The van der Waals surface area contributed by atoms with Crippen LogP contribution in [-0.2, 0) is 11.3 Å². The van der Waals surface area contributed by atoms with Gasteiger partial charge in [0.1, 0.15) is 18.2 Å². The molecule has 0 spiro atoms. The monoisotopic (exact) mass is 618 g/mol. The van der Waals surface area contributed by atoms with Gasteiger partial charge in [-0.25, -0.2) is 9.78 Å². The largest absolute Gasteiger partial charge is 0.497 e. The summed E-state index contributed by atoms with van der Waals surface area (Å²) in [5.41, 5.74) is 2.16. The van der Waals surface area contributed by atoms with Crippen LogP contribution in [0.1, 0.15) is 63.9 Å². The van der Waals surface area contributed by atoms with Crippen molar-refractivity contribution in [3.05, 3.63) is 71.9 Å². The summed E-state index contributed by atoms with van der Waals surface area (Å²) in [7, 11) is 3.43. The van der Waals surface area contributed by atoms with E-state index in [9.17, 15) is 9.59 Å². The SMILES string of the molecule is CCC(C)C(C(C)C)N(C(=O)OCc1cccc(OC)c1)c1ccnc(Nc2ccc(C(=O)N(C)CCN(CC)CC)cc2)n1. The molecule has 0 saturated heterocycles. The minimum atomic E-state index is -0.477. The van der Waals surface area contributed by atoms with Gasteiger partial charge in [0, 0.05) is 43.6 Å². The number of nitrogens with one attached hydrogen (secondary N) is 1. The standard InChI is InChI=1S/C35H50N6O4/c1-9-26(6)32(25(4)5)41(35(43)45-24-27-13-12-14-30(23-27)44-8)31-19-20-36-34(38-31)37-29-17-15-28(16-18-29)33(42)39(7)21-22-40(10-2)11-3/h12-20,23,25-26,32H,9-11,21-22,24H2,1-8H3,(H,36,37,38). The van der Waals surface area contributed by atoms with Crippen molar-refractivity contribution in [3.63, 3.8) is 0 Å². The van der Waals surface area contributed by atoms with E-state index in [0.29, 0.717) is 29.6 Å². The lowest BCUT2D eigenvalue weighted by atomic mass is 9.88. The van der Waals surface area contributed by atoms with Crippen molar-refractivity contribution < 1.29 is 19.1 Å². The van der Waals surface area contributed by atoms with Gasteiger partial charge in [0.25, 0.3) is 5.91 Å². The molecule has 10 heteroatoms. The number of carbonyl (C=O) groups excluding carboxylic acids is 2. The van der Waals surface area contributed by atoms with Gasteiger partial charge in [0.2, 0.25) is 5.95 Å². The van der Waals surface area contributed by atoms with Crippen LogP contribution in [0.2, 0.25) is 0 Å². The Balaban J connectivity index is 1.79. The van der Waals surface area contributed by atoms with Gasteiger partial charge < -0.3 is 24.6 Å². The Bertz CT molecular complexity index is 1360. The fourth-order valence-corrected chi connectivity index (χ4v) is 5.32. The number of aromatic nitrogens is 2. The topological polar surface area (TPSA) is 100 Å². The maximum absolute atomic E-state index is 13.7. The minimum absolute atomic E-state index is 0.0279. The first-order chi connectivity index (χ1) is 21.6. The molecule has 3 aromatic rings. The number of rotatable bonds is 16. The van der Waals surface area contributed by atoms with Gasteiger partial charge in [-0.3, -0.25) is 9.69 Å². The second-order valence-corrected chi connectivity index (χ2v) is 11.6. The van der Waals surface area contributed by atoms with Gasteiger partial charge in [-0.05, 0) is 73.0 Å². The van der Waals surface area contributed by atoms with Crippen molar-refractivity contribution in [3.8, 4) is 5.75 Å². The predicted molar refractivity (Wildman–Crippen MR) is 180 cm³/mol. The molecule has 0 aliphatic rings. The number of anilines is 3. The summed E-state index contributed by atoms with van der Waals surface area (Å²) in [4.78, 5) is 41.5. The number of ether oxygens (including phenoxy) is 2. The summed E-state index contributed by atoms with van der Waals surface area (Å²) in [5, 5.41) is 3.22. The third kappa shape index (κ3) is 9.91. The molecule has 0 radical (unpaired) electrons. The number of methoxy groups -OCH3 is 1. The molecule has 2 atom stereocenters. The molecule has 0 aliphatic heterocycles. The average Bonchev–Trinajstić information content (AvgIpc) is 3.06. The van der Waals surface area contributed by atoms with Crippen LogP contribution in [-0.4, -0.2) is 78.1 Å². The lowest BCUT2D eigenvalue weighted by molar-refractivity contribution is 0.0779. The van der Waals surface area contributed by atoms with Gasteiger partial charge in [-0.15, -0.1) is 0 Å². The highest BCUT2D eigenvalue weighted by atomic mass is 16.6. The Morgan fingerprint density at radius 1 is 0.956 bits per heavy atom. The van der Waals surface area contributed by atoms with E-state index in [2.05, 4.69) is 56.7 Å². The molecule has 3 rings (SSSR count). The summed E-state index contributed by atoms with van der Waals surface area (Å²) in [6.45, 7) is 16.2. The van der Waals surface area contributed by atoms with Crippen LogP contribution < -0.4 is 15.0 Å². The summed E-state index contributed by atoms with van der Waals surface area (Å²) in [6, 6.07) is 16.3. The molecule has 2 unspecified atom stereocenters. The third-order valence-corrected chi connectivity index (χ3v) is 8.17. The molecule has 2 amide bonds. The third-order valence-electron chi connectivity index (χ3n) is 8.17. The lowest BCUT2D eigenvalue weighted by Gasteiger charge is -2.36. The highest BCUT2D eigenvalue weighted by molar-refractivity contribution is 5.94. The number of hydrogen-bond donors (Lipinski definition) is 1. The molecule has 244 valence electrons. The van der Waals surface area contributed by atoms with Gasteiger partial charge in [-0.2, -0.15) is 4.98 Å². The molecule has 1 heterocycles. The quantitative estimate of drug-likeness (QED) is 0.186.